The number of amides is 4. The molecular weight excluding hydrogens is 472 g/mol. The van der Waals surface area contributed by atoms with Crippen LogP contribution in [0.4, 0.5) is 0 Å². The number of guanidine groups is 1. The van der Waals surface area contributed by atoms with E-state index >= 15 is 0 Å². The van der Waals surface area contributed by atoms with Gasteiger partial charge in [0.05, 0.1) is 12.5 Å². The van der Waals surface area contributed by atoms with E-state index in [0.717, 1.165) is 0 Å². The highest BCUT2D eigenvalue weighted by Gasteiger charge is 2.33. The van der Waals surface area contributed by atoms with E-state index < -0.39 is 60.2 Å². The second-order valence-corrected chi connectivity index (χ2v) is 9.19. The number of nitrogens with two attached hydrogens (primary N) is 4. The number of nitrogens with one attached hydrogen (secondary N) is 3. The van der Waals surface area contributed by atoms with Crippen LogP contribution in [-0.4, -0.2) is 71.4 Å². The summed E-state index contributed by atoms with van der Waals surface area (Å²) in [5.41, 5.74) is 21.4. The summed E-state index contributed by atoms with van der Waals surface area (Å²) in [5, 5.41) is 17.1. The molecular formula is C22H42N8O6. The molecule has 0 aromatic heterocycles. The molecule has 0 aromatic carbocycles. The Morgan fingerprint density at radius 2 is 1.47 bits per heavy atom. The number of carboxylic acid groups (broad SMARTS) is 1. The van der Waals surface area contributed by atoms with E-state index in [1.165, 1.54) is 0 Å². The Morgan fingerprint density at radius 3 is 1.94 bits per heavy atom. The van der Waals surface area contributed by atoms with Gasteiger partial charge in [0.1, 0.15) is 18.1 Å². The van der Waals surface area contributed by atoms with Gasteiger partial charge in [-0.15, -0.1) is 0 Å². The van der Waals surface area contributed by atoms with Gasteiger partial charge in [-0.3, -0.25) is 24.2 Å². The number of carboxylic acids is 1. The van der Waals surface area contributed by atoms with Crippen LogP contribution in [0.15, 0.2) is 4.99 Å². The van der Waals surface area contributed by atoms with E-state index in [2.05, 4.69) is 20.9 Å². The first kappa shape index (κ1) is 32.6. The maximum Gasteiger partial charge on any atom is 0.326 e. The Morgan fingerprint density at radius 1 is 0.889 bits per heavy atom. The summed E-state index contributed by atoms with van der Waals surface area (Å²) < 4.78 is 0. The molecule has 0 spiro atoms. The van der Waals surface area contributed by atoms with Crippen LogP contribution < -0.4 is 38.9 Å². The second-order valence-electron chi connectivity index (χ2n) is 9.19. The van der Waals surface area contributed by atoms with E-state index in [0.29, 0.717) is 12.8 Å². The van der Waals surface area contributed by atoms with Crippen LogP contribution in [0.1, 0.15) is 59.8 Å². The number of hydrogen-bond donors (Lipinski definition) is 8. The van der Waals surface area contributed by atoms with Gasteiger partial charge >= 0.3 is 5.97 Å². The Labute approximate surface area is 211 Å². The van der Waals surface area contributed by atoms with Crippen molar-refractivity contribution >= 4 is 35.6 Å². The third-order valence-electron chi connectivity index (χ3n) is 5.45. The summed E-state index contributed by atoms with van der Waals surface area (Å²) >= 11 is 0. The van der Waals surface area contributed by atoms with Crippen LogP contribution >= 0.6 is 0 Å². The largest absolute Gasteiger partial charge is 0.480 e. The van der Waals surface area contributed by atoms with Crippen molar-refractivity contribution in [3.63, 3.8) is 0 Å². The standard InChI is InChI=1S/C22H42N8O6/c1-5-12(4)17(20(34)29-15(21(35)36)9-11(2)3)30-19(33)14(7-6-8-27-22(25)26)28-18(32)13(23)10-16(24)31/h11-15,17H,5-10,23H2,1-4H3,(H2,24,31)(H,28,32)(H,29,34)(H,30,33)(H,35,36)(H4,25,26,27). The normalized spacial score (nSPS) is 15.1. The highest BCUT2D eigenvalue weighted by atomic mass is 16.4. The number of nitrogens with zero attached hydrogens (tertiary/aromatic N) is 1. The zero-order chi connectivity index (χ0) is 28.0. The summed E-state index contributed by atoms with van der Waals surface area (Å²) in [7, 11) is 0. The Kier molecular flexibility index (Phi) is 14.7. The van der Waals surface area contributed by atoms with Crippen LogP contribution in [0.3, 0.4) is 0 Å². The zero-order valence-corrected chi connectivity index (χ0v) is 21.5. The summed E-state index contributed by atoms with van der Waals surface area (Å²) in [5.74, 6) is -4.55. The van der Waals surface area contributed by atoms with E-state index in [1.54, 1.807) is 6.92 Å². The van der Waals surface area contributed by atoms with Gasteiger partial charge in [0, 0.05) is 6.54 Å². The maximum absolute atomic E-state index is 13.1. The minimum absolute atomic E-state index is 0.0115. The van der Waals surface area contributed by atoms with Crippen molar-refractivity contribution in [1.29, 1.82) is 0 Å². The minimum Gasteiger partial charge on any atom is -0.480 e. The molecule has 206 valence electrons. The first-order valence-electron chi connectivity index (χ1n) is 11.9. The number of aliphatic carboxylic acids is 1. The van der Waals surface area contributed by atoms with Gasteiger partial charge in [0.2, 0.25) is 23.6 Å². The Bertz CT molecular complexity index is 799. The van der Waals surface area contributed by atoms with Gasteiger partial charge in [0.25, 0.3) is 0 Å². The molecule has 0 heterocycles. The highest BCUT2D eigenvalue weighted by molar-refractivity contribution is 5.95. The molecule has 0 aromatic rings. The predicted octanol–water partition coefficient (Wildman–Crippen LogP) is -2.13. The quantitative estimate of drug-likeness (QED) is 0.0598. The van der Waals surface area contributed by atoms with Crippen LogP contribution in [-0.2, 0) is 24.0 Å². The van der Waals surface area contributed by atoms with Crippen molar-refractivity contribution in [2.24, 2.45) is 39.8 Å². The average molecular weight is 515 g/mol. The number of aliphatic imine (C=N–C) groups is 1. The van der Waals surface area contributed by atoms with Crippen molar-refractivity contribution in [3.05, 3.63) is 0 Å². The molecule has 36 heavy (non-hydrogen) atoms. The number of primary amides is 1. The minimum atomic E-state index is -1.27. The number of rotatable bonds is 17. The molecule has 5 atom stereocenters. The SMILES string of the molecule is CCC(C)C(NC(=O)C(CCCN=C(N)N)NC(=O)C(N)CC(N)=O)C(=O)NC(CC(C)C)C(=O)O. The molecule has 12 N–H and O–H groups in total. The van der Waals surface area contributed by atoms with Crippen molar-refractivity contribution in [3.8, 4) is 0 Å². The van der Waals surface area contributed by atoms with Crippen molar-refractivity contribution in [2.75, 3.05) is 6.54 Å². The topological polar surface area (TPSA) is 258 Å². The second kappa shape index (κ2) is 16.3. The monoisotopic (exact) mass is 514 g/mol. The zero-order valence-electron chi connectivity index (χ0n) is 21.5. The Hall–Kier alpha value is -3.42. The molecule has 0 aliphatic heterocycles. The molecule has 0 aliphatic rings. The maximum atomic E-state index is 13.1. The highest BCUT2D eigenvalue weighted by Crippen LogP contribution is 2.12. The van der Waals surface area contributed by atoms with Crippen molar-refractivity contribution in [2.45, 2.75) is 84.0 Å². The third-order valence-corrected chi connectivity index (χ3v) is 5.45. The molecule has 14 nitrogen and oxygen atoms in total. The predicted molar refractivity (Wildman–Crippen MR) is 134 cm³/mol. The summed E-state index contributed by atoms with van der Waals surface area (Å²) in [6.45, 7) is 7.39. The lowest BCUT2D eigenvalue weighted by Crippen LogP contribution is -2.58. The first-order chi connectivity index (χ1) is 16.7. The number of carbonyl (C=O) groups is 5. The smallest absolute Gasteiger partial charge is 0.326 e. The molecule has 0 aliphatic carbocycles. The van der Waals surface area contributed by atoms with Gasteiger partial charge in [-0.1, -0.05) is 34.1 Å². The lowest BCUT2D eigenvalue weighted by atomic mass is 9.96. The number of hydrogen-bond acceptors (Lipinski definition) is 7. The summed E-state index contributed by atoms with van der Waals surface area (Å²) in [6.07, 6.45) is 0.696. The van der Waals surface area contributed by atoms with Crippen LogP contribution in [0.2, 0.25) is 0 Å². The fourth-order valence-electron chi connectivity index (χ4n) is 3.27. The van der Waals surface area contributed by atoms with Crippen molar-refractivity contribution < 1.29 is 29.1 Å². The summed E-state index contributed by atoms with van der Waals surface area (Å²) in [4.78, 5) is 65.1. The van der Waals surface area contributed by atoms with E-state index in [9.17, 15) is 29.1 Å². The molecule has 0 saturated heterocycles. The molecule has 0 saturated carbocycles. The average Bonchev–Trinajstić information content (AvgIpc) is 2.76. The fourth-order valence-corrected chi connectivity index (χ4v) is 3.27. The van der Waals surface area contributed by atoms with Crippen LogP contribution in [0, 0.1) is 11.8 Å². The molecule has 0 radical (unpaired) electrons. The van der Waals surface area contributed by atoms with Gasteiger partial charge in [-0.2, -0.15) is 0 Å². The third kappa shape index (κ3) is 12.9. The van der Waals surface area contributed by atoms with Crippen molar-refractivity contribution in [1.82, 2.24) is 16.0 Å². The first-order valence-corrected chi connectivity index (χ1v) is 11.9. The lowest BCUT2D eigenvalue weighted by molar-refractivity contribution is -0.143. The van der Waals surface area contributed by atoms with Gasteiger partial charge in [-0.25, -0.2) is 4.79 Å². The molecule has 4 amide bonds. The molecule has 5 unspecified atom stereocenters. The molecule has 0 rings (SSSR count). The molecule has 0 fully saturated rings. The van der Waals surface area contributed by atoms with Gasteiger partial charge in [0.15, 0.2) is 5.96 Å². The van der Waals surface area contributed by atoms with Gasteiger partial charge < -0.3 is 44.0 Å². The fraction of sp³-hybridized carbons (Fsp3) is 0.727. The summed E-state index contributed by atoms with van der Waals surface area (Å²) in [6, 6.07) is -4.58. The van der Waals surface area contributed by atoms with E-state index in [4.69, 9.17) is 22.9 Å². The van der Waals surface area contributed by atoms with E-state index in [-0.39, 0.29) is 37.2 Å². The Balaban J connectivity index is 5.68. The van der Waals surface area contributed by atoms with Gasteiger partial charge in [-0.05, 0) is 31.1 Å². The number of carbonyl (C=O) groups excluding carboxylic acids is 4. The molecule has 0 bridgehead atoms. The molecule has 14 heteroatoms. The van der Waals surface area contributed by atoms with Crippen LogP contribution in [0.5, 0.6) is 0 Å². The van der Waals surface area contributed by atoms with Crippen LogP contribution in [0.25, 0.3) is 0 Å². The van der Waals surface area contributed by atoms with E-state index in [1.807, 2.05) is 20.8 Å². The lowest BCUT2D eigenvalue weighted by Gasteiger charge is -2.28.